The fraction of sp³-hybridized carbons (Fsp3) is 0.538. The number of urea groups is 1. The minimum atomic E-state index is -4.47. The van der Waals surface area contributed by atoms with Crippen LogP contribution in [0.1, 0.15) is 13.3 Å². The van der Waals surface area contributed by atoms with Crippen LogP contribution in [0, 0.1) is 5.92 Å². The smallest absolute Gasteiger partial charge is 0.422 e. The van der Waals surface area contributed by atoms with E-state index in [2.05, 4.69) is 31.0 Å². The highest BCUT2D eigenvalue weighted by atomic mass is 79.9. The summed E-state index contributed by atoms with van der Waals surface area (Å²) < 4.78 is 41.9. The molecule has 2 rings (SSSR count). The zero-order valence-electron chi connectivity index (χ0n) is 11.8. The summed E-state index contributed by atoms with van der Waals surface area (Å²) in [5.41, 5.74) is 0.100. The SMILES string of the molecule is CC1CCN(C(=O)Nc2cc(Br)cnc2OCC(F)(F)F)C1. The molecule has 2 heterocycles. The van der Waals surface area contributed by atoms with E-state index in [4.69, 9.17) is 0 Å². The van der Waals surface area contributed by atoms with Gasteiger partial charge in [-0.15, -0.1) is 0 Å². The third-order valence-corrected chi connectivity index (χ3v) is 3.58. The van der Waals surface area contributed by atoms with Gasteiger partial charge in [0.2, 0.25) is 5.88 Å². The number of hydrogen-bond acceptors (Lipinski definition) is 3. The monoisotopic (exact) mass is 381 g/mol. The van der Waals surface area contributed by atoms with Gasteiger partial charge in [-0.3, -0.25) is 0 Å². The quantitative estimate of drug-likeness (QED) is 0.868. The lowest BCUT2D eigenvalue weighted by Crippen LogP contribution is -2.33. The number of carbonyl (C=O) groups is 1. The Kier molecular flexibility index (Phi) is 5.15. The van der Waals surface area contributed by atoms with Gasteiger partial charge >= 0.3 is 12.2 Å². The second-order valence-electron chi connectivity index (χ2n) is 5.18. The number of pyridine rings is 1. The minimum Gasteiger partial charge on any atom is -0.467 e. The van der Waals surface area contributed by atoms with Crippen molar-refractivity contribution in [1.82, 2.24) is 9.88 Å². The fourth-order valence-corrected chi connectivity index (χ4v) is 2.43. The van der Waals surface area contributed by atoms with E-state index >= 15 is 0 Å². The number of rotatable bonds is 3. The molecule has 1 unspecified atom stereocenters. The summed E-state index contributed by atoms with van der Waals surface area (Å²) in [5, 5.41) is 2.55. The van der Waals surface area contributed by atoms with E-state index in [0.717, 1.165) is 6.42 Å². The number of nitrogens with one attached hydrogen (secondary N) is 1. The Hall–Kier alpha value is -1.51. The Balaban J connectivity index is 2.08. The van der Waals surface area contributed by atoms with Crippen LogP contribution in [0.25, 0.3) is 0 Å². The first-order valence-electron chi connectivity index (χ1n) is 6.65. The normalized spacial score (nSPS) is 18.4. The lowest BCUT2D eigenvalue weighted by Gasteiger charge is -2.18. The molecule has 9 heteroatoms. The van der Waals surface area contributed by atoms with Crippen molar-refractivity contribution < 1.29 is 22.7 Å². The summed E-state index contributed by atoms with van der Waals surface area (Å²) in [6.07, 6.45) is -2.26. The van der Waals surface area contributed by atoms with Crippen molar-refractivity contribution in [2.45, 2.75) is 19.5 Å². The van der Waals surface area contributed by atoms with Gasteiger partial charge in [0.05, 0.1) is 0 Å². The van der Waals surface area contributed by atoms with Gasteiger partial charge in [0, 0.05) is 23.8 Å². The van der Waals surface area contributed by atoms with Gasteiger partial charge in [-0.05, 0) is 34.3 Å². The molecule has 1 atom stereocenters. The Morgan fingerprint density at radius 1 is 1.59 bits per heavy atom. The highest BCUT2D eigenvalue weighted by molar-refractivity contribution is 9.10. The summed E-state index contributed by atoms with van der Waals surface area (Å²) in [5.74, 6) is 0.147. The zero-order valence-corrected chi connectivity index (χ0v) is 13.4. The zero-order chi connectivity index (χ0) is 16.3. The Bertz CT molecular complexity index is 554. The first-order chi connectivity index (χ1) is 10.2. The van der Waals surface area contributed by atoms with Gasteiger partial charge in [-0.2, -0.15) is 13.2 Å². The molecule has 1 aliphatic heterocycles. The number of amides is 2. The standard InChI is InChI=1S/C13H15BrF3N3O2/c1-8-2-3-20(6-8)12(21)19-10-4-9(14)5-18-11(10)22-7-13(15,16)17/h4-5,8H,2-3,6-7H2,1H3,(H,19,21). The Morgan fingerprint density at radius 3 is 2.91 bits per heavy atom. The van der Waals surface area contributed by atoms with Crippen molar-refractivity contribution in [2.75, 3.05) is 25.0 Å². The maximum Gasteiger partial charge on any atom is 0.422 e. The minimum absolute atomic E-state index is 0.100. The highest BCUT2D eigenvalue weighted by Gasteiger charge is 2.30. The van der Waals surface area contributed by atoms with Gasteiger partial charge in [0.25, 0.3) is 0 Å². The number of carbonyl (C=O) groups excluding carboxylic acids is 1. The molecular weight excluding hydrogens is 367 g/mol. The van der Waals surface area contributed by atoms with Crippen molar-refractivity contribution in [1.29, 1.82) is 0 Å². The van der Waals surface area contributed by atoms with Crippen LogP contribution >= 0.6 is 15.9 Å². The number of halogens is 4. The van der Waals surface area contributed by atoms with Gasteiger partial charge in [-0.1, -0.05) is 6.92 Å². The molecule has 0 bridgehead atoms. The third-order valence-electron chi connectivity index (χ3n) is 3.14. The number of nitrogens with zero attached hydrogens (tertiary/aromatic N) is 2. The summed E-state index contributed by atoms with van der Waals surface area (Å²) in [6, 6.07) is 1.08. The van der Waals surface area contributed by atoms with E-state index in [9.17, 15) is 18.0 Å². The molecule has 1 aromatic rings. The molecule has 1 aliphatic rings. The second-order valence-corrected chi connectivity index (χ2v) is 6.10. The molecule has 0 aliphatic carbocycles. The van der Waals surface area contributed by atoms with Crippen molar-refractivity contribution in [3.63, 3.8) is 0 Å². The van der Waals surface area contributed by atoms with Gasteiger partial charge in [0.15, 0.2) is 6.61 Å². The van der Waals surface area contributed by atoms with Crippen LogP contribution in [0.15, 0.2) is 16.7 Å². The van der Waals surface area contributed by atoms with E-state index < -0.39 is 12.8 Å². The number of aromatic nitrogens is 1. The van der Waals surface area contributed by atoms with Crippen LogP contribution < -0.4 is 10.1 Å². The van der Waals surface area contributed by atoms with Crippen LogP contribution in [-0.2, 0) is 0 Å². The summed E-state index contributed by atoms with van der Waals surface area (Å²) in [7, 11) is 0. The van der Waals surface area contributed by atoms with Crippen LogP contribution in [-0.4, -0.2) is 41.8 Å². The van der Waals surface area contributed by atoms with E-state index in [0.29, 0.717) is 23.5 Å². The molecule has 22 heavy (non-hydrogen) atoms. The number of ether oxygens (including phenoxy) is 1. The molecule has 0 saturated carbocycles. The molecule has 2 amide bonds. The van der Waals surface area contributed by atoms with E-state index in [1.165, 1.54) is 12.3 Å². The van der Waals surface area contributed by atoms with E-state index in [1.54, 1.807) is 4.90 Å². The number of likely N-dealkylation sites (tertiary alicyclic amines) is 1. The predicted molar refractivity (Wildman–Crippen MR) is 77.9 cm³/mol. The molecular formula is C13H15BrF3N3O2. The Morgan fingerprint density at radius 2 is 2.32 bits per heavy atom. The van der Waals surface area contributed by atoms with Crippen LogP contribution in [0.5, 0.6) is 5.88 Å². The molecule has 122 valence electrons. The molecule has 1 saturated heterocycles. The molecule has 1 N–H and O–H groups in total. The first kappa shape index (κ1) is 16.9. The number of hydrogen-bond donors (Lipinski definition) is 1. The van der Waals surface area contributed by atoms with E-state index in [-0.39, 0.29) is 17.6 Å². The highest BCUT2D eigenvalue weighted by Crippen LogP contribution is 2.28. The van der Waals surface area contributed by atoms with Crippen molar-refractivity contribution in [2.24, 2.45) is 5.92 Å². The lowest BCUT2D eigenvalue weighted by atomic mass is 10.2. The average Bonchev–Trinajstić information content (AvgIpc) is 2.83. The maximum atomic E-state index is 12.2. The number of anilines is 1. The average molecular weight is 382 g/mol. The van der Waals surface area contributed by atoms with Crippen molar-refractivity contribution in [3.8, 4) is 5.88 Å². The van der Waals surface area contributed by atoms with E-state index in [1.807, 2.05) is 6.92 Å². The molecule has 0 radical (unpaired) electrons. The third kappa shape index (κ3) is 4.75. The van der Waals surface area contributed by atoms with Crippen molar-refractivity contribution in [3.05, 3.63) is 16.7 Å². The van der Waals surface area contributed by atoms with Gasteiger partial charge in [0.1, 0.15) is 5.69 Å². The van der Waals surface area contributed by atoms with Crippen LogP contribution in [0.3, 0.4) is 0 Å². The molecule has 1 fully saturated rings. The van der Waals surface area contributed by atoms with Crippen LogP contribution in [0.4, 0.5) is 23.7 Å². The lowest BCUT2D eigenvalue weighted by molar-refractivity contribution is -0.153. The second kappa shape index (κ2) is 6.72. The summed E-state index contributed by atoms with van der Waals surface area (Å²) in [4.78, 5) is 17.5. The molecule has 1 aromatic heterocycles. The maximum absolute atomic E-state index is 12.2. The summed E-state index contributed by atoms with van der Waals surface area (Å²) >= 11 is 3.16. The first-order valence-corrected chi connectivity index (χ1v) is 7.45. The molecule has 5 nitrogen and oxygen atoms in total. The van der Waals surface area contributed by atoms with Gasteiger partial charge in [-0.25, -0.2) is 9.78 Å². The molecule has 0 spiro atoms. The van der Waals surface area contributed by atoms with Gasteiger partial charge < -0.3 is 15.0 Å². The molecule has 0 aromatic carbocycles. The topological polar surface area (TPSA) is 54.5 Å². The van der Waals surface area contributed by atoms with Crippen LogP contribution in [0.2, 0.25) is 0 Å². The number of alkyl halides is 3. The largest absolute Gasteiger partial charge is 0.467 e. The summed E-state index contributed by atoms with van der Waals surface area (Å²) in [6.45, 7) is 1.80. The van der Waals surface area contributed by atoms with Crippen molar-refractivity contribution >= 4 is 27.6 Å². The predicted octanol–water partition coefficient (Wildman–Crippen LogP) is 3.66. The fourth-order valence-electron chi connectivity index (χ4n) is 2.10. The Labute approximate surface area is 134 Å².